The van der Waals surface area contributed by atoms with Crippen LogP contribution in [0.1, 0.15) is 26.7 Å². The number of quaternary nitrogens is 1. The maximum absolute atomic E-state index is 6.42. The van der Waals surface area contributed by atoms with Crippen molar-refractivity contribution in [3.63, 3.8) is 0 Å². The Hall–Kier alpha value is -0.880. The van der Waals surface area contributed by atoms with Gasteiger partial charge in [-0.3, -0.25) is 4.57 Å². The Bertz CT molecular complexity index is 775. The third-order valence-electron chi connectivity index (χ3n) is 4.33. The lowest BCUT2D eigenvalue weighted by Crippen LogP contribution is -3.09. The van der Waals surface area contributed by atoms with Crippen LogP contribution in [-0.2, 0) is 13.2 Å². The van der Waals surface area contributed by atoms with Gasteiger partial charge in [-0.1, -0.05) is 37.0 Å². The molecule has 1 N–H and O–H groups in total. The molecule has 1 saturated heterocycles. The molecule has 3 rings (SSSR count). The van der Waals surface area contributed by atoms with Crippen molar-refractivity contribution >= 4 is 35.4 Å². The SMILES string of the molecule is CC(C)Cn1c(-c2ccc(Cl)cc2Cl)nn(C[NH+]2CCCC2)c1=S. The van der Waals surface area contributed by atoms with E-state index in [1.807, 2.05) is 16.8 Å². The number of halogens is 2. The van der Waals surface area contributed by atoms with Crippen molar-refractivity contribution in [2.24, 2.45) is 5.92 Å². The van der Waals surface area contributed by atoms with Gasteiger partial charge >= 0.3 is 0 Å². The Morgan fingerprint density at radius 2 is 1.96 bits per heavy atom. The van der Waals surface area contributed by atoms with E-state index in [0.29, 0.717) is 16.0 Å². The van der Waals surface area contributed by atoms with E-state index in [4.69, 9.17) is 40.5 Å². The van der Waals surface area contributed by atoms with E-state index in [0.717, 1.165) is 29.4 Å². The van der Waals surface area contributed by atoms with Gasteiger partial charge in [-0.2, -0.15) is 4.68 Å². The molecule has 0 radical (unpaired) electrons. The van der Waals surface area contributed by atoms with Crippen LogP contribution in [0.5, 0.6) is 0 Å². The summed E-state index contributed by atoms with van der Waals surface area (Å²) in [5, 5.41) is 6.04. The molecule has 0 aliphatic carbocycles. The predicted molar refractivity (Wildman–Crippen MR) is 101 cm³/mol. The van der Waals surface area contributed by atoms with E-state index < -0.39 is 0 Å². The van der Waals surface area contributed by atoms with Crippen LogP contribution in [0.15, 0.2) is 18.2 Å². The largest absolute Gasteiger partial charge is 0.316 e. The lowest BCUT2D eigenvalue weighted by atomic mass is 10.2. The summed E-state index contributed by atoms with van der Waals surface area (Å²) in [7, 11) is 0. The summed E-state index contributed by atoms with van der Waals surface area (Å²) in [6, 6.07) is 5.52. The lowest BCUT2D eigenvalue weighted by Gasteiger charge is -2.11. The van der Waals surface area contributed by atoms with Crippen LogP contribution in [0.4, 0.5) is 0 Å². The fraction of sp³-hybridized carbons (Fsp3) is 0.529. The first-order chi connectivity index (χ1) is 11.5. The summed E-state index contributed by atoms with van der Waals surface area (Å²) < 4.78 is 4.83. The number of rotatable bonds is 5. The minimum atomic E-state index is 0.471. The minimum absolute atomic E-state index is 0.471. The molecule has 1 aromatic carbocycles. The molecule has 2 heterocycles. The molecular formula is C17H23Cl2N4S+. The smallest absolute Gasteiger partial charge is 0.203 e. The van der Waals surface area contributed by atoms with Crippen molar-refractivity contribution in [1.82, 2.24) is 14.3 Å². The highest BCUT2D eigenvalue weighted by Crippen LogP contribution is 2.30. The summed E-state index contributed by atoms with van der Waals surface area (Å²) in [5.41, 5.74) is 0.878. The van der Waals surface area contributed by atoms with Crippen LogP contribution >= 0.6 is 35.4 Å². The molecule has 130 valence electrons. The molecule has 0 saturated carbocycles. The van der Waals surface area contributed by atoms with Crippen LogP contribution in [0, 0.1) is 10.7 Å². The molecular weight excluding hydrogens is 363 g/mol. The topological polar surface area (TPSA) is 27.2 Å². The van der Waals surface area contributed by atoms with E-state index in [1.165, 1.54) is 30.8 Å². The monoisotopic (exact) mass is 385 g/mol. The molecule has 0 atom stereocenters. The van der Waals surface area contributed by atoms with Gasteiger partial charge in [0.1, 0.15) is 0 Å². The predicted octanol–water partition coefficient (Wildman–Crippen LogP) is 3.68. The first-order valence-corrected chi connectivity index (χ1v) is 9.58. The summed E-state index contributed by atoms with van der Waals surface area (Å²) in [4.78, 5) is 1.54. The van der Waals surface area contributed by atoms with E-state index >= 15 is 0 Å². The molecule has 1 aliphatic rings. The van der Waals surface area contributed by atoms with Crippen LogP contribution < -0.4 is 4.90 Å². The Morgan fingerprint density at radius 3 is 2.58 bits per heavy atom. The highest BCUT2D eigenvalue weighted by molar-refractivity contribution is 7.71. The molecule has 0 amide bonds. The standard InChI is InChI=1S/C17H22Cl2N4S/c1-12(2)10-22-16(14-6-5-13(18)9-15(14)19)20-23(17(22)24)11-21-7-3-4-8-21/h5-6,9,12H,3-4,7-8,10-11H2,1-2H3/p+1. The number of nitrogens with zero attached hydrogens (tertiary/aromatic N) is 3. The Kier molecular flexibility index (Phi) is 5.65. The van der Waals surface area contributed by atoms with Gasteiger partial charge in [0.25, 0.3) is 0 Å². The summed E-state index contributed by atoms with van der Waals surface area (Å²) in [6.45, 7) is 8.38. The van der Waals surface area contributed by atoms with Crippen molar-refractivity contribution in [3.8, 4) is 11.4 Å². The molecule has 0 spiro atoms. The average molecular weight is 386 g/mol. The van der Waals surface area contributed by atoms with Gasteiger partial charge in [-0.25, -0.2) is 0 Å². The summed E-state index contributed by atoms with van der Waals surface area (Å²) in [5.74, 6) is 1.30. The normalized spacial score (nSPS) is 15.5. The second-order valence-electron chi connectivity index (χ2n) is 6.85. The maximum Gasteiger partial charge on any atom is 0.203 e. The number of aromatic nitrogens is 3. The Morgan fingerprint density at radius 1 is 1.25 bits per heavy atom. The van der Waals surface area contributed by atoms with Gasteiger partial charge in [0.05, 0.1) is 18.1 Å². The van der Waals surface area contributed by atoms with Crippen molar-refractivity contribution in [3.05, 3.63) is 33.0 Å². The van der Waals surface area contributed by atoms with Crippen molar-refractivity contribution in [2.75, 3.05) is 13.1 Å². The Balaban J connectivity index is 2.04. The third-order valence-corrected chi connectivity index (χ3v) is 5.31. The van der Waals surface area contributed by atoms with Crippen LogP contribution in [0.2, 0.25) is 10.0 Å². The first kappa shape index (κ1) is 17.9. The fourth-order valence-electron chi connectivity index (χ4n) is 3.19. The van der Waals surface area contributed by atoms with Gasteiger partial charge in [0.2, 0.25) is 4.77 Å². The number of hydrogen-bond acceptors (Lipinski definition) is 2. The molecule has 24 heavy (non-hydrogen) atoms. The van der Waals surface area contributed by atoms with E-state index in [9.17, 15) is 0 Å². The molecule has 7 heteroatoms. The second-order valence-corrected chi connectivity index (χ2v) is 8.06. The zero-order chi connectivity index (χ0) is 17.3. The fourth-order valence-corrected chi connectivity index (χ4v) is 3.95. The quantitative estimate of drug-likeness (QED) is 0.794. The molecule has 0 unspecified atom stereocenters. The van der Waals surface area contributed by atoms with E-state index in [1.54, 1.807) is 6.07 Å². The molecule has 2 aromatic rings. The van der Waals surface area contributed by atoms with Crippen molar-refractivity contribution in [2.45, 2.75) is 39.9 Å². The van der Waals surface area contributed by atoms with Crippen molar-refractivity contribution in [1.29, 1.82) is 0 Å². The number of hydrogen-bond donors (Lipinski definition) is 1. The minimum Gasteiger partial charge on any atom is -0.316 e. The highest BCUT2D eigenvalue weighted by atomic mass is 35.5. The van der Waals surface area contributed by atoms with Crippen LogP contribution in [-0.4, -0.2) is 27.4 Å². The molecule has 1 aliphatic heterocycles. The van der Waals surface area contributed by atoms with Crippen LogP contribution in [0.3, 0.4) is 0 Å². The Labute approximate surface area is 158 Å². The van der Waals surface area contributed by atoms with Gasteiger partial charge in [0, 0.05) is 30.0 Å². The van der Waals surface area contributed by atoms with Gasteiger partial charge in [-0.05, 0) is 36.3 Å². The summed E-state index contributed by atoms with van der Waals surface area (Å²) >= 11 is 18.2. The van der Waals surface area contributed by atoms with E-state index in [2.05, 4.69) is 18.4 Å². The first-order valence-electron chi connectivity index (χ1n) is 8.42. The zero-order valence-corrected chi connectivity index (χ0v) is 16.4. The van der Waals surface area contributed by atoms with Crippen molar-refractivity contribution < 1.29 is 4.90 Å². The van der Waals surface area contributed by atoms with Crippen LogP contribution in [0.25, 0.3) is 11.4 Å². The van der Waals surface area contributed by atoms with Gasteiger partial charge < -0.3 is 4.90 Å². The highest BCUT2D eigenvalue weighted by Gasteiger charge is 2.21. The van der Waals surface area contributed by atoms with E-state index in [-0.39, 0.29) is 0 Å². The molecule has 4 nitrogen and oxygen atoms in total. The lowest BCUT2D eigenvalue weighted by molar-refractivity contribution is -0.911. The molecule has 0 bridgehead atoms. The maximum atomic E-state index is 6.42. The molecule has 1 fully saturated rings. The van der Waals surface area contributed by atoms with Gasteiger partial charge in [0.15, 0.2) is 12.5 Å². The van der Waals surface area contributed by atoms with Gasteiger partial charge in [-0.15, -0.1) is 5.10 Å². The summed E-state index contributed by atoms with van der Waals surface area (Å²) in [6.07, 6.45) is 2.57. The second kappa shape index (κ2) is 7.56. The number of nitrogens with one attached hydrogen (secondary N) is 1. The number of benzene rings is 1. The zero-order valence-electron chi connectivity index (χ0n) is 14.1. The third kappa shape index (κ3) is 3.85. The number of likely N-dealkylation sites (tertiary alicyclic amines) is 1. The average Bonchev–Trinajstić information content (AvgIpc) is 3.11. The molecule has 1 aromatic heterocycles.